The fourth-order valence-corrected chi connectivity index (χ4v) is 2.04. The highest BCUT2D eigenvalue weighted by Gasteiger charge is 2.25. The summed E-state index contributed by atoms with van der Waals surface area (Å²) in [5.74, 6) is -0.766. The molecule has 1 amide bonds. The molecule has 1 aromatic heterocycles. The van der Waals surface area contributed by atoms with E-state index in [-0.39, 0.29) is 0 Å². The van der Waals surface area contributed by atoms with E-state index in [1.165, 1.54) is 6.33 Å². The van der Waals surface area contributed by atoms with Crippen LogP contribution in [0.5, 0.6) is 0 Å². The maximum atomic E-state index is 13.1. The van der Waals surface area contributed by atoms with Gasteiger partial charge in [0.2, 0.25) is 0 Å². The first-order valence-corrected chi connectivity index (χ1v) is 7.45. The molecule has 1 aromatic carbocycles. The van der Waals surface area contributed by atoms with Gasteiger partial charge in [0, 0.05) is 5.56 Å². The number of carbonyl (C=O) groups excluding carboxylic acids is 1. The molecular formula is C14H13Cl2FN4O2. The predicted octanol–water partition coefficient (Wildman–Crippen LogP) is 1.83. The van der Waals surface area contributed by atoms with Crippen LogP contribution in [-0.2, 0) is 4.79 Å². The number of aliphatic hydroxyl groups is 1. The van der Waals surface area contributed by atoms with Crippen molar-refractivity contribution in [2.75, 3.05) is 6.67 Å². The van der Waals surface area contributed by atoms with Crippen molar-refractivity contribution in [2.24, 2.45) is 0 Å². The summed E-state index contributed by atoms with van der Waals surface area (Å²) in [5, 5.41) is 20.0. The first-order chi connectivity index (χ1) is 11.0. The Bertz CT molecular complexity index is 643. The number of amides is 1. The predicted molar refractivity (Wildman–Crippen MR) is 83.6 cm³/mol. The maximum Gasteiger partial charge on any atom is 0.253 e. The third-order valence-corrected chi connectivity index (χ3v) is 3.50. The molecule has 0 spiro atoms. The molecule has 0 radical (unpaired) electrons. The molecule has 0 saturated carbocycles. The molecule has 2 unspecified atom stereocenters. The first-order valence-electron chi connectivity index (χ1n) is 6.58. The van der Waals surface area contributed by atoms with Crippen molar-refractivity contribution < 1.29 is 14.3 Å². The molecule has 23 heavy (non-hydrogen) atoms. The fourth-order valence-electron chi connectivity index (χ4n) is 1.91. The van der Waals surface area contributed by atoms with Crippen molar-refractivity contribution in [3.05, 3.63) is 42.4 Å². The SMILES string of the molecule is O=C(NC(CF)C(O)c1ccc(-c2cncnn2)cc1)C(Cl)Cl. The van der Waals surface area contributed by atoms with E-state index in [9.17, 15) is 14.3 Å². The molecule has 122 valence electrons. The van der Waals surface area contributed by atoms with Gasteiger partial charge in [-0.05, 0) is 5.56 Å². The van der Waals surface area contributed by atoms with Crippen LogP contribution in [0.4, 0.5) is 4.39 Å². The molecule has 2 rings (SSSR count). The molecule has 6 nitrogen and oxygen atoms in total. The summed E-state index contributed by atoms with van der Waals surface area (Å²) in [6.45, 7) is -0.969. The van der Waals surface area contributed by atoms with Crippen molar-refractivity contribution in [3.8, 4) is 11.3 Å². The number of aromatic nitrogens is 3. The zero-order valence-electron chi connectivity index (χ0n) is 11.7. The number of hydrogen-bond donors (Lipinski definition) is 2. The molecule has 9 heteroatoms. The molecule has 0 bridgehead atoms. The summed E-state index contributed by atoms with van der Waals surface area (Å²) in [7, 11) is 0. The Balaban J connectivity index is 2.12. The van der Waals surface area contributed by atoms with Crippen LogP contribution >= 0.6 is 23.2 Å². The van der Waals surface area contributed by atoms with Crippen molar-refractivity contribution in [1.29, 1.82) is 0 Å². The van der Waals surface area contributed by atoms with Crippen molar-refractivity contribution in [3.63, 3.8) is 0 Å². The van der Waals surface area contributed by atoms with E-state index in [1.54, 1.807) is 30.5 Å². The van der Waals surface area contributed by atoms with Gasteiger partial charge in [0.25, 0.3) is 5.91 Å². The Morgan fingerprint density at radius 1 is 1.30 bits per heavy atom. The number of nitrogens with one attached hydrogen (secondary N) is 1. The number of benzene rings is 1. The van der Waals surface area contributed by atoms with Gasteiger partial charge >= 0.3 is 0 Å². The van der Waals surface area contributed by atoms with Crippen molar-refractivity contribution >= 4 is 29.1 Å². The van der Waals surface area contributed by atoms with Crippen LogP contribution in [0.25, 0.3) is 11.3 Å². The Kier molecular flexibility index (Phi) is 6.20. The molecule has 0 fully saturated rings. The third kappa shape index (κ3) is 4.57. The van der Waals surface area contributed by atoms with E-state index >= 15 is 0 Å². The van der Waals surface area contributed by atoms with Crippen LogP contribution in [0.15, 0.2) is 36.8 Å². The quantitative estimate of drug-likeness (QED) is 0.769. The molecule has 2 atom stereocenters. The Morgan fingerprint density at radius 3 is 2.52 bits per heavy atom. The zero-order valence-corrected chi connectivity index (χ0v) is 13.2. The van der Waals surface area contributed by atoms with E-state index < -0.39 is 29.6 Å². The zero-order chi connectivity index (χ0) is 16.8. The summed E-state index contributed by atoms with van der Waals surface area (Å²) in [5.41, 5.74) is 1.73. The number of aliphatic hydroxyl groups excluding tert-OH is 1. The van der Waals surface area contributed by atoms with Crippen LogP contribution in [0.3, 0.4) is 0 Å². The minimum Gasteiger partial charge on any atom is -0.386 e. The van der Waals surface area contributed by atoms with Crippen LogP contribution in [0, 0.1) is 0 Å². The lowest BCUT2D eigenvalue weighted by Gasteiger charge is -2.22. The van der Waals surface area contributed by atoms with Gasteiger partial charge in [0.15, 0.2) is 4.84 Å². The van der Waals surface area contributed by atoms with E-state index in [1.807, 2.05) is 0 Å². The molecule has 2 aromatic rings. The molecule has 0 aliphatic rings. The maximum absolute atomic E-state index is 13.1. The molecule has 1 heterocycles. The van der Waals surface area contributed by atoms with E-state index in [0.29, 0.717) is 11.3 Å². The minimum absolute atomic E-state index is 0.425. The Morgan fingerprint density at radius 2 is 2.00 bits per heavy atom. The fraction of sp³-hybridized carbons (Fsp3) is 0.286. The van der Waals surface area contributed by atoms with Crippen molar-refractivity contribution in [1.82, 2.24) is 20.5 Å². The topological polar surface area (TPSA) is 88.0 Å². The van der Waals surface area contributed by atoms with Crippen LogP contribution in [0.2, 0.25) is 0 Å². The van der Waals surface area contributed by atoms with Gasteiger partial charge in [-0.3, -0.25) is 4.79 Å². The smallest absolute Gasteiger partial charge is 0.253 e. The average molecular weight is 359 g/mol. The minimum atomic E-state index is -1.33. The van der Waals surface area contributed by atoms with Gasteiger partial charge in [-0.25, -0.2) is 9.37 Å². The van der Waals surface area contributed by atoms with E-state index in [2.05, 4.69) is 20.5 Å². The molecular weight excluding hydrogens is 346 g/mol. The second kappa shape index (κ2) is 8.14. The van der Waals surface area contributed by atoms with Crippen LogP contribution in [0.1, 0.15) is 11.7 Å². The lowest BCUT2D eigenvalue weighted by atomic mass is 10.0. The Hall–Kier alpha value is -1.83. The standard InChI is InChI=1S/C14H13Cl2FN4O2/c15-13(16)14(23)20-10(5-17)12(22)9-3-1-8(2-4-9)11-6-18-7-19-21-11/h1-4,6-7,10,12-13,22H,5H2,(H,20,23). The summed E-state index contributed by atoms with van der Waals surface area (Å²) in [6.07, 6.45) is 1.62. The average Bonchev–Trinajstić information content (AvgIpc) is 2.59. The normalized spacial score (nSPS) is 13.6. The lowest BCUT2D eigenvalue weighted by molar-refractivity contribution is -0.121. The van der Waals surface area contributed by atoms with Gasteiger partial charge in [-0.15, -0.1) is 10.2 Å². The second-order valence-corrected chi connectivity index (χ2v) is 5.73. The Labute approximate surface area is 141 Å². The second-order valence-electron chi connectivity index (χ2n) is 4.63. The van der Waals surface area contributed by atoms with Gasteiger partial charge in [-0.1, -0.05) is 47.5 Å². The molecule has 0 aliphatic carbocycles. The van der Waals surface area contributed by atoms with Crippen LogP contribution in [-0.4, -0.2) is 43.7 Å². The first kappa shape index (κ1) is 17.5. The van der Waals surface area contributed by atoms with Gasteiger partial charge < -0.3 is 10.4 Å². The summed E-state index contributed by atoms with van der Waals surface area (Å²) < 4.78 is 13.1. The van der Waals surface area contributed by atoms with E-state index in [0.717, 1.165) is 5.56 Å². The van der Waals surface area contributed by atoms with Gasteiger partial charge in [0.05, 0.1) is 12.2 Å². The number of nitrogens with zero attached hydrogens (tertiary/aromatic N) is 3. The van der Waals surface area contributed by atoms with Gasteiger partial charge in [-0.2, -0.15) is 0 Å². The summed E-state index contributed by atoms with van der Waals surface area (Å²) in [4.78, 5) is 13.9. The number of alkyl halides is 3. The van der Waals surface area contributed by atoms with Gasteiger partial charge in [0.1, 0.15) is 24.8 Å². The highest BCUT2D eigenvalue weighted by atomic mass is 35.5. The summed E-state index contributed by atoms with van der Waals surface area (Å²) in [6, 6.07) is 5.43. The molecule has 0 saturated heterocycles. The number of rotatable bonds is 6. The highest BCUT2D eigenvalue weighted by molar-refractivity contribution is 6.53. The largest absolute Gasteiger partial charge is 0.386 e. The van der Waals surface area contributed by atoms with Crippen molar-refractivity contribution in [2.45, 2.75) is 17.0 Å². The lowest BCUT2D eigenvalue weighted by Crippen LogP contribution is -2.43. The van der Waals surface area contributed by atoms with Crippen LogP contribution < -0.4 is 5.32 Å². The molecule has 2 N–H and O–H groups in total. The number of carbonyl (C=O) groups is 1. The third-order valence-electron chi connectivity index (χ3n) is 3.10. The highest BCUT2D eigenvalue weighted by Crippen LogP contribution is 2.22. The monoisotopic (exact) mass is 358 g/mol. The molecule has 0 aliphatic heterocycles. The number of halogens is 3. The van der Waals surface area contributed by atoms with E-state index in [4.69, 9.17) is 23.2 Å². The summed E-state index contributed by atoms with van der Waals surface area (Å²) >= 11 is 10.8. The number of hydrogen-bond acceptors (Lipinski definition) is 5.